The van der Waals surface area contributed by atoms with Crippen LogP contribution in [0.3, 0.4) is 0 Å². The van der Waals surface area contributed by atoms with Crippen molar-refractivity contribution in [2.45, 2.75) is 18.1 Å². The van der Waals surface area contributed by atoms with E-state index in [9.17, 15) is 18.0 Å². The molecule has 0 amide bonds. The van der Waals surface area contributed by atoms with E-state index >= 15 is 0 Å². The molecular formula is C14H16F3NO3. The summed E-state index contributed by atoms with van der Waals surface area (Å²) in [5.41, 5.74) is -2.31. The second kappa shape index (κ2) is 5.22. The fourth-order valence-electron chi connectivity index (χ4n) is 2.74. The van der Waals surface area contributed by atoms with E-state index in [1.165, 1.54) is 33.4 Å². The molecule has 0 bridgehead atoms. The number of benzene rings is 1. The zero-order chi connectivity index (χ0) is 15.8. The van der Waals surface area contributed by atoms with Crippen molar-refractivity contribution in [3.63, 3.8) is 0 Å². The van der Waals surface area contributed by atoms with Crippen molar-refractivity contribution in [3.8, 4) is 11.5 Å². The number of alkyl halides is 3. The second-order valence-electron chi connectivity index (χ2n) is 4.92. The SMILES string of the molecule is COc1cc2c(cc1OC)[C@@](C=O)(C(F)(F)F)N(C)CC2. The van der Waals surface area contributed by atoms with E-state index in [1.54, 1.807) is 0 Å². The largest absolute Gasteiger partial charge is 0.493 e. The predicted molar refractivity (Wildman–Crippen MR) is 69.7 cm³/mol. The zero-order valence-corrected chi connectivity index (χ0v) is 12.0. The third-order valence-electron chi connectivity index (χ3n) is 3.94. The predicted octanol–water partition coefficient (Wildman–Crippen LogP) is 2.15. The molecule has 1 aromatic rings. The smallest absolute Gasteiger partial charge is 0.417 e. The van der Waals surface area contributed by atoms with Crippen LogP contribution in [-0.2, 0) is 16.8 Å². The molecule has 0 unspecified atom stereocenters. The van der Waals surface area contributed by atoms with Gasteiger partial charge in [-0.05, 0) is 36.7 Å². The van der Waals surface area contributed by atoms with Gasteiger partial charge in [0.2, 0.25) is 0 Å². The molecule has 0 saturated heterocycles. The van der Waals surface area contributed by atoms with E-state index < -0.39 is 11.7 Å². The number of hydrogen-bond acceptors (Lipinski definition) is 4. The summed E-state index contributed by atoms with van der Waals surface area (Å²) >= 11 is 0. The van der Waals surface area contributed by atoms with Gasteiger partial charge in [-0.2, -0.15) is 13.2 Å². The number of fused-ring (bicyclic) bond motifs is 1. The summed E-state index contributed by atoms with van der Waals surface area (Å²) in [6.07, 6.45) is -4.37. The molecule has 0 radical (unpaired) electrons. The molecule has 1 atom stereocenters. The lowest BCUT2D eigenvalue weighted by Crippen LogP contribution is -2.59. The van der Waals surface area contributed by atoms with Crippen LogP contribution < -0.4 is 9.47 Å². The molecule has 1 aromatic carbocycles. The summed E-state index contributed by atoms with van der Waals surface area (Å²) in [7, 11) is 4.05. The van der Waals surface area contributed by atoms with E-state index in [-0.39, 0.29) is 24.1 Å². The molecule has 0 spiro atoms. The van der Waals surface area contributed by atoms with Gasteiger partial charge in [-0.25, -0.2) is 0 Å². The summed E-state index contributed by atoms with van der Waals surface area (Å²) in [5, 5.41) is 0. The Morgan fingerprint density at radius 1 is 1.24 bits per heavy atom. The van der Waals surface area contributed by atoms with Crippen molar-refractivity contribution >= 4 is 6.29 Å². The van der Waals surface area contributed by atoms with Crippen molar-refractivity contribution < 1.29 is 27.4 Å². The van der Waals surface area contributed by atoms with E-state index in [0.29, 0.717) is 17.7 Å². The minimum absolute atomic E-state index is 0.0447. The van der Waals surface area contributed by atoms with Crippen LogP contribution in [0.15, 0.2) is 12.1 Å². The Morgan fingerprint density at radius 2 is 1.81 bits per heavy atom. The molecule has 0 N–H and O–H groups in total. The van der Waals surface area contributed by atoms with Crippen LogP contribution in [0.25, 0.3) is 0 Å². The summed E-state index contributed by atoms with van der Waals surface area (Å²) < 4.78 is 51.0. The zero-order valence-electron chi connectivity index (χ0n) is 12.0. The fraction of sp³-hybridized carbons (Fsp3) is 0.500. The number of ether oxygens (including phenoxy) is 2. The Balaban J connectivity index is 2.75. The quantitative estimate of drug-likeness (QED) is 0.802. The van der Waals surface area contributed by atoms with Crippen LogP contribution in [0.1, 0.15) is 11.1 Å². The van der Waals surface area contributed by atoms with Crippen molar-refractivity contribution in [1.82, 2.24) is 4.90 Å². The first kappa shape index (κ1) is 15.6. The number of rotatable bonds is 3. The van der Waals surface area contributed by atoms with Gasteiger partial charge in [-0.15, -0.1) is 0 Å². The van der Waals surface area contributed by atoms with E-state index in [0.717, 1.165) is 4.90 Å². The molecule has 1 aliphatic heterocycles. The number of likely N-dealkylation sites (N-methyl/N-ethyl adjacent to an activating group) is 1. The minimum atomic E-state index is -4.72. The third kappa shape index (κ3) is 2.16. The molecule has 116 valence electrons. The average molecular weight is 303 g/mol. The van der Waals surface area contributed by atoms with Crippen molar-refractivity contribution in [2.24, 2.45) is 0 Å². The molecule has 21 heavy (non-hydrogen) atoms. The molecule has 1 heterocycles. The summed E-state index contributed by atoms with van der Waals surface area (Å²) in [6.45, 7) is 0.126. The molecule has 2 rings (SSSR count). The van der Waals surface area contributed by atoms with Gasteiger partial charge in [-0.1, -0.05) is 0 Å². The normalized spacial score (nSPS) is 22.6. The van der Waals surface area contributed by atoms with Gasteiger partial charge in [0.05, 0.1) is 14.2 Å². The van der Waals surface area contributed by atoms with Crippen LogP contribution in [0.4, 0.5) is 13.2 Å². The molecule has 0 fully saturated rings. The Bertz CT molecular complexity index is 559. The van der Waals surface area contributed by atoms with Gasteiger partial charge in [0, 0.05) is 6.54 Å². The lowest BCUT2D eigenvalue weighted by atomic mass is 9.81. The van der Waals surface area contributed by atoms with Crippen LogP contribution in [0.5, 0.6) is 11.5 Å². The molecule has 7 heteroatoms. The molecule has 0 aromatic heterocycles. The van der Waals surface area contributed by atoms with Crippen molar-refractivity contribution in [3.05, 3.63) is 23.3 Å². The van der Waals surface area contributed by atoms with Gasteiger partial charge in [0.15, 0.2) is 23.3 Å². The number of carbonyl (C=O) groups excluding carboxylic acids is 1. The Kier molecular flexibility index (Phi) is 3.88. The first-order chi connectivity index (χ1) is 9.81. The number of hydrogen-bond donors (Lipinski definition) is 0. The Labute approximate surface area is 120 Å². The Morgan fingerprint density at radius 3 is 2.29 bits per heavy atom. The van der Waals surface area contributed by atoms with Gasteiger partial charge >= 0.3 is 6.18 Å². The highest BCUT2D eigenvalue weighted by atomic mass is 19.4. The number of carbonyl (C=O) groups is 1. The van der Waals surface area contributed by atoms with E-state index in [2.05, 4.69) is 0 Å². The maximum absolute atomic E-state index is 13.6. The topological polar surface area (TPSA) is 38.8 Å². The fourth-order valence-corrected chi connectivity index (χ4v) is 2.74. The average Bonchev–Trinajstić information content (AvgIpc) is 2.44. The number of aldehydes is 1. The van der Waals surface area contributed by atoms with Crippen LogP contribution >= 0.6 is 0 Å². The highest BCUT2D eigenvalue weighted by molar-refractivity contribution is 5.72. The highest BCUT2D eigenvalue weighted by Gasteiger charge is 2.61. The first-order valence-electron chi connectivity index (χ1n) is 6.31. The summed E-state index contributed by atoms with van der Waals surface area (Å²) in [5.74, 6) is 0.518. The monoisotopic (exact) mass is 303 g/mol. The molecule has 0 aliphatic carbocycles. The summed E-state index contributed by atoms with van der Waals surface area (Å²) in [4.78, 5) is 12.4. The maximum Gasteiger partial charge on any atom is 0.417 e. The highest BCUT2D eigenvalue weighted by Crippen LogP contribution is 2.48. The Hall–Kier alpha value is -1.76. The van der Waals surface area contributed by atoms with Crippen LogP contribution in [-0.4, -0.2) is 45.2 Å². The maximum atomic E-state index is 13.6. The van der Waals surface area contributed by atoms with E-state index in [1.807, 2.05) is 0 Å². The first-order valence-corrected chi connectivity index (χ1v) is 6.31. The lowest BCUT2D eigenvalue weighted by Gasteiger charge is -2.43. The second-order valence-corrected chi connectivity index (χ2v) is 4.92. The number of halogens is 3. The minimum Gasteiger partial charge on any atom is -0.493 e. The molecule has 0 saturated carbocycles. The third-order valence-corrected chi connectivity index (χ3v) is 3.94. The number of methoxy groups -OCH3 is 2. The van der Waals surface area contributed by atoms with Gasteiger partial charge in [0.1, 0.15) is 0 Å². The van der Waals surface area contributed by atoms with Crippen LogP contribution in [0, 0.1) is 0 Å². The number of nitrogens with zero attached hydrogens (tertiary/aromatic N) is 1. The van der Waals surface area contributed by atoms with Crippen molar-refractivity contribution in [1.29, 1.82) is 0 Å². The standard InChI is InChI=1S/C14H16F3NO3/c1-18-5-4-9-6-11(20-2)12(21-3)7-10(9)13(18,8-19)14(15,16)17/h6-8H,4-5H2,1-3H3/t13-/m0/s1. The lowest BCUT2D eigenvalue weighted by molar-refractivity contribution is -0.225. The molecule has 1 aliphatic rings. The van der Waals surface area contributed by atoms with Crippen molar-refractivity contribution in [2.75, 3.05) is 27.8 Å². The van der Waals surface area contributed by atoms with Crippen LogP contribution in [0.2, 0.25) is 0 Å². The summed E-state index contributed by atoms with van der Waals surface area (Å²) in [6, 6.07) is 2.75. The van der Waals surface area contributed by atoms with Gasteiger partial charge in [0.25, 0.3) is 0 Å². The van der Waals surface area contributed by atoms with Gasteiger partial charge < -0.3 is 14.3 Å². The van der Waals surface area contributed by atoms with Gasteiger partial charge in [-0.3, -0.25) is 4.90 Å². The molecule has 4 nitrogen and oxygen atoms in total. The van der Waals surface area contributed by atoms with E-state index in [4.69, 9.17) is 9.47 Å². The molecular weight excluding hydrogens is 287 g/mol.